The van der Waals surface area contributed by atoms with Crippen molar-refractivity contribution in [1.29, 1.82) is 5.26 Å². The summed E-state index contributed by atoms with van der Waals surface area (Å²) in [6, 6.07) is 2.18. The molecule has 0 amide bonds. The molecule has 0 spiro atoms. The lowest BCUT2D eigenvalue weighted by Gasteiger charge is -1.98. The summed E-state index contributed by atoms with van der Waals surface area (Å²) in [5, 5.41) is 8.31. The molecule has 0 atom stereocenters. The van der Waals surface area contributed by atoms with Crippen LogP contribution in [0.5, 0.6) is 0 Å². The molecule has 0 unspecified atom stereocenters. The van der Waals surface area contributed by atoms with Crippen LogP contribution in [0.25, 0.3) is 0 Å². The molecule has 0 heterocycles. The Bertz CT molecular complexity index is 293. The Morgan fingerprint density at radius 1 is 0.720 bits per heavy atom. The van der Waals surface area contributed by atoms with Crippen molar-refractivity contribution in [1.82, 2.24) is 0 Å². The van der Waals surface area contributed by atoms with E-state index in [-0.39, 0.29) is 0 Å². The first-order chi connectivity index (χ1) is 12.3. The molecule has 0 rings (SSSR count). The van der Waals surface area contributed by atoms with Crippen molar-refractivity contribution < 1.29 is 4.79 Å². The number of nitriles is 1. The largest absolute Gasteiger partial charge is 0.303 e. The Kier molecular flexibility index (Phi) is 29.0. The van der Waals surface area contributed by atoms with E-state index in [1.807, 2.05) is 6.08 Å². The van der Waals surface area contributed by atoms with Gasteiger partial charge in [0.15, 0.2) is 0 Å². The minimum atomic E-state index is 0.733. The minimum Gasteiger partial charge on any atom is -0.303 e. The molecule has 0 aliphatic carbocycles. The third-order valence-electron chi connectivity index (χ3n) is 4.37. The quantitative estimate of drug-likeness (QED) is 0.143. The highest BCUT2D eigenvalue weighted by Gasteiger charge is 1.91. The molecular weight excluding hydrogens is 306 g/mol. The fourth-order valence-electron chi connectivity index (χ4n) is 2.74. The lowest BCUT2D eigenvalue weighted by Crippen LogP contribution is -1.81. The molecule has 0 aromatic carbocycles. The van der Waals surface area contributed by atoms with Gasteiger partial charge in [0.1, 0.15) is 6.29 Å². The number of allylic oxidation sites excluding steroid dienone is 1. The van der Waals surface area contributed by atoms with Crippen molar-refractivity contribution in [2.45, 2.75) is 122 Å². The van der Waals surface area contributed by atoms with Crippen molar-refractivity contribution in [2.24, 2.45) is 0 Å². The predicted molar refractivity (Wildman–Crippen MR) is 111 cm³/mol. The fraction of sp³-hybridized carbons (Fsp3) is 0.826. The van der Waals surface area contributed by atoms with Crippen LogP contribution in [0, 0.1) is 11.3 Å². The van der Waals surface area contributed by atoms with E-state index in [2.05, 4.69) is 19.6 Å². The van der Waals surface area contributed by atoms with Gasteiger partial charge in [0.25, 0.3) is 0 Å². The molecule has 25 heavy (non-hydrogen) atoms. The second kappa shape index (κ2) is 27.7. The molecular formula is C23H43NO. The van der Waals surface area contributed by atoms with Crippen molar-refractivity contribution in [3.8, 4) is 6.07 Å². The maximum Gasteiger partial charge on any atom is 0.119 e. The van der Waals surface area contributed by atoms with Crippen LogP contribution in [0.2, 0.25) is 0 Å². The summed E-state index contributed by atoms with van der Waals surface area (Å²) in [6.45, 7) is 5.94. The van der Waals surface area contributed by atoms with Gasteiger partial charge in [0.2, 0.25) is 0 Å². The molecule has 0 radical (unpaired) electrons. The van der Waals surface area contributed by atoms with Gasteiger partial charge in [-0.25, -0.2) is 0 Å². The molecule has 0 aliphatic rings. The number of aldehydes is 1. The van der Waals surface area contributed by atoms with Gasteiger partial charge in [0.05, 0.1) is 6.07 Å². The third-order valence-corrected chi connectivity index (χ3v) is 4.37. The molecule has 0 saturated heterocycles. The summed E-state index contributed by atoms with van der Waals surface area (Å²) >= 11 is 0. The molecule has 0 saturated carbocycles. The summed E-state index contributed by atoms with van der Waals surface area (Å²) < 4.78 is 0. The van der Waals surface area contributed by atoms with E-state index in [9.17, 15) is 4.79 Å². The van der Waals surface area contributed by atoms with E-state index in [0.29, 0.717) is 0 Å². The predicted octanol–water partition coefficient (Wildman–Crippen LogP) is 7.92. The Labute approximate surface area is 158 Å². The van der Waals surface area contributed by atoms with Crippen LogP contribution in [-0.2, 0) is 4.79 Å². The van der Waals surface area contributed by atoms with Crippen molar-refractivity contribution >= 4 is 6.29 Å². The highest BCUT2D eigenvalue weighted by molar-refractivity contribution is 5.48. The molecule has 0 aliphatic heterocycles. The Morgan fingerprint density at radius 2 is 1.16 bits per heavy atom. The first-order valence-electron chi connectivity index (χ1n) is 10.7. The minimum absolute atomic E-state index is 0.733. The number of hydrogen-bond acceptors (Lipinski definition) is 2. The van der Waals surface area contributed by atoms with Crippen LogP contribution in [0.15, 0.2) is 12.7 Å². The summed E-state index contributed by atoms with van der Waals surface area (Å²) in [5.41, 5.74) is 0. The zero-order chi connectivity index (χ0) is 18.8. The normalized spacial score (nSPS) is 9.76. The van der Waals surface area contributed by atoms with E-state index < -0.39 is 0 Å². The maximum atomic E-state index is 9.98. The monoisotopic (exact) mass is 349 g/mol. The molecule has 0 bridgehead atoms. The first kappa shape index (κ1) is 26.1. The van der Waals surface area contributed by atoms with Gasteiger partial charge in [-0.2, -0.15) is 5.26 Å². The first-order valence-corrected chi connectivity index (χ1v) is 10.7. The molecule has 0 aromatic heterocycles. The molecule has 146 valence electrons. The van der Waals surface area contributed by atoms with Gasteiger partial charge in [0, 0.05) is 12.8 Å². The average molecular weight is 350 g/mol. The number of nitrogens with zero attached hydrogens (tertiary/aromatic N) is 1. The van der Waals surface area contributed by atoms with E-state index in [1.165, 1.54) is 83.5 Å². The van der Waals surface area contributed by atoms with Gasteiger partial charge in [-0.05, 0) is 25.7 Å². The van der Waals surface area contributed by atoms with Crippen LogP contribution in [0.3, 0.4) is 0 Å². The van der Waals surface area contributed by atoms with Gasteiger partial charge in [-0.3, -0.25) is 0 Å². The average Bonchev–Trinajstić information content (AvgIpc) is 2.63. The molecule has 0 N–H and O–H groups in total. The SMILES string of the molecule is C=CCCCCCCCCCC#N.CCCCCCCCCCC=O. The maximum absolute atomic E-state index is 9.98. The van der Waals surface area contributed by atoms with Gasteiger partial charge >= 0.3 is 0 Å². The van der Waals surface area contributed by atoms with Gasteiger partial charge in [-0.1, -0.05) is 90.0 Å². The van der Waals surface area contributed by atoms with Crippen molar-refractivity contribution in [3.63, 3.8) is 0 Å². The lowest BCUT2D eigenvalue weighted by atomic mass is 10.1. The zero-order valence-electron chi connectivity index (χ0n) is 16.9. The lowest BCUT2D eigenvalue weighted by molar-refractivity contribution is -0.107. The standard InChI is InChI=1S/C12H21N.C11H22O/c1-2-3-4-5-6-7-8-9-10-11-12-13;1-2-3-4-5-6-7-8-9-10-11-12/h2H,1,3-11H2;11H,2-10H2,1H3. The molecule has 0 aromatic rings. The van der Waals surface area contributed by atoms with E-state index in [0.717, 1.165) is 38.4 Å². The highest BCUT2D eigenvalue weighted by atomic mass is 16.1. The second-order valence-corrected chi connectivity index (χ2v) is 6.89. The Morgan fingerprint density at radius 3 is 1.60 bits per heavy atom. The van der Waals surface area contributed by atoms with Gasteiger partial charge in [-0.15, -0.1) is 6.58 Å². The van der Waals surface area contributed by atoms with Crippen LogP contribution in [0.1, 0.15) is 122 Å². The molecule has 2 heteroatoms. The number of unbranched alkanes of at least 4 members (excludes halogenated alkanes) is 16. The fourth-order valence-corrected chi connectivity index (χ4v) is 2.74. The third kappa shape index (κ3) is 31.2. The van der Waals surface area contributed by atoms with Crippen LogP contribution in [-0.4, -0.2) is 6.29 Å². The summed E-state index contributed by atoms with van der Waals surface area (Å²) in [7, 11) is 0. The van der Waals surface area contributed by atoms with Crippen LogP contribution < -0.4 is 0 Å². The van der Waals surface area contributed by atoms with E-state index in [1.54, 1.807) is 0 Å². The molecule has 0 fully saturated rings. The van der Waals surface area contributed by atoms with Crippen molar-refractivity contribution in [2.75, 3.05) is 0 Å². The number of carbonyl (C=O) groups is 1. The Hall–Kier alpha value is -1.10. The number of carbonyl (C=O) groups excluding carboxylic acids is 1. The second-order valence-electron chi connectivity index (χ2n) is 6.89. The Balaban J connectivity index is 0. The van der Waals surface area contributed by atoms with E-state index in [4.69, 9.17) is 5.26 Å². The number of rotatable bonds is 18. The molecule has 2 nitrogen and oxygen atoms in total. The smallest absolute Gasteiger partial charge is 0.119 e. The van der Waals surface area contributed by atoms with Crippen molar-refractivity contribution in [3.05, 3.63) is 12.7 Å². The van der Waals surface area contributed by atoms with E-state index >= 15 is 0 Å². The summed E-state index contributed by atoms with van der Waals surface area (Å²) in [6.07, 6.45) is 25.1. The van der Waals surface area contributed by atoms with Crippen LogP contribution in [0.4, 0.5) is 0 Å². The number of hydrogen-bond donors (Lipinski definition) is 0. The zero-order valence-corrected chi connectivity index (χ0v) is 16.9. The topological polar surface area (TPSA) is 40.9 Å². The highest BCUT2D eigenvalue weighted by Crippen LogP contribution is 2.09. The van der Waals surface area contributed by atoms with Gasteiger partial charge < -0.3 is 4.79 Å². The summed E-state index contributed by atoms with van der Waals surface area (Å²) in [5.74, 6) is 0. The van der Waals surface area contributed by atoms with Crippen LogP contribution >= 0.6 is 0 Å². The summed E-state index contributed by atoms with van der Waals surface area (Å²) in [4.78, 5) is 9.98.